The molecule has 1 amide bonds. The van der Waals surface area contributed by atoms with Crippen LogP contribution in [0, 0.1) is 0 Å². The van der Waals surface area contributed by atoms with Crippen LogP contribution in [0.15, 0.2) is 0 Å². The Morgan fingerprint density at radius 3 is 2.50 bits per heavy atom. The Hall–Kier alpha value is -0.280. The zero-order chi connectivity index (χ0) is 12.4. The van der Waals surface area contributed by atoms with Crippen LogP contribution in [0.3, 0.4) is 0 Å². The predicted octanol–water partition coefficient (Wildman–Crippen LogP) is 2.24. The van der Waals surface area contributed by atoms with Crippen molar-refractivity contribution in [2.75, 3.05) is 25.5 Å². The highest BCUT2D eigenvalue weighted by atomic mass is 35.5. The van der Waals surface area contributed by atoms with Gasteiger partial charge in [-0.1, -0.05) is 13.8 Å². The molecule has 96 valence electrons. The van der Waals surface area contributed by atoms with Crippen molar-refractivity contribution in [1.82, 2.24) is 10.2 Å². The number of carbonyl (C=O) groups excluding carboxylic acids is 1. The van der Waals surface area contributed by atoms with E-state index in [0.29, 0.717) is 12.3 Å². The molecule has 16 heavy (non-hydrogen) atoms. The minimum absolute atomic E-state index is 0.0605. The maximum absolute atomic E-state index is 11.3. The van der Waals surface area contributed by atoms with E-state index in [1.165, 1.54) is 0 Å². The van der Waals surface area contributed by atoms with Crippen LogP contribution in [0.4, 0.5) is 0 Å². The zero-order valence-corrected chi connectivity index (χ0v) is 11.5. The molecule has 0 spiro atoms. The molecule has 0 aliphatic rings. The highest BCUT2D eigenvalue weighted by Gasteiger charge is 2.07. The Balaban J connectivity index is 3.56. The van der Waals surface area contributed by atoms with Gasteiger partial charge in [-0.15, -0.1) is 11.6 Å². The molecule has 3 nitrogen and oxygen atoms in total. The molecule has 0 aromatic heterocycles. The zero-order valence-electron chi connectivity index (χ0n) is 10.8. The molecule has 0 aliphatic carbocycles. The number of rotatable bonds is 9. The van der Waals surface area contributed by atoms with E-state index < -0.39 is 0 Å². The molecule has 1 unspecified atom stereocenters. The van der Waals surface area contributed by atoms with Crippen molar-refractivity contribution in [2.45, 2.75) is 46.1 Å². The van der Waals surface area contributed by atoms with Crippen molar-refractivity contribution < 1.29 is 4.79 Å². The second kappa shape index (κ2) is 9.91. The van der Waals surface area contributed by atoms with E-state index in [9.17, 15) is 4.79 Å². The summed E-state index contributed by atoms with van der Waals surface area (Å²) < 4.78 is 0. The third kappa shape index (κ3) is 7.94. The fraction of sp³-hybridized carbons (Fsp3) is 0.917. The molecule has 0 aliphatic heterocycles. The van der Waals surface area contributed by atoms with Crippen molar-refractivity contribution in [1.29, 1.82) is 0 Å². The monoisotopic (exact) mass is 248 g/mol. The quantitative estimate of drug-likeness (QED) is 0.635. The molecule has 0 aromatic carbocycles. The lowest BCUT2D eigenvalue weighted by Gasteiger charge is -2.19. The molecule has 0 bridgehead atoms. The number of carbonyl (C=O) groups is 1. The van der Waals surface area contributed by atoms with E-state index in [0.717, 1.165) is 32.5 Å². The number of halogens is 1. The van der Waals surface area contributed by atoms with Gasteiger partial charge in [0.25, 0.3) is 0 Å². The first kappa shape index (κ1) is 15.7. The van der Waals surface area contributed by atoms with E-state index in [1.807, 2.05) is 6.92 Å². The molecule has 0 aromatic rings. The van der Waals surface area contributed by atoms with Crippen LogP contribution >= 0.6 is 11.6 Å². The smallest absolute Gasteiger partial charge is 0.221 e. The highest BCUT2D eigenvalue weighted by molar-refractivity contribution is 6.18. The third-order valence-corrected chi connectivity index (χ3v) is 2.92. The van der Waals surface area contributed by atoms with E-state index in [2.05, 4.69) is 24.1 Å². The van der Waals surface area contributed by atoms with Gasteiger partial charge in [0.15, 0.2) is 0 Å². The maximum atomic E-state index is 11.3. The van der Waals surface area contributed by atoms with Gasteiger partial charge in [0, 0.05) is 18.3 Å². The van der Waals surface area contributed by atoms with E-state index in [4.69, 9.17) is 11.6 Å². The Kier molecular flexibility index (Phi) is 9.74. The average Bonchev–Trinajstić information content (AvgIpc) is 2.24. The molecule has 0 radical (unpaired) electrons. The molecule has 0 saturated carbocycles. The van der Waals surface area contributed by atoms with Gasteiger partial charge in [-0.3, -0.25) is 4.79 Å². The minimum atomic E-state index is 0.0605. The van der Waals surface area contributed by atoms with Crippen LogP contribution in [0.1, 0.15) is 40.0 Å². The Bertz CT molecular complexity index is 184. The lowest BCUT2D eigenvalue weighted by atomic mass is 10.1. The number of hydrogen-bond acceptors (Lipinski definition) is 2. The predicted molar refractivity (Wildman–Crippen MR) is 70.0 cm³/mol. The number of hydrogen-bond donors (Lipinski definition) is 1. The topological polar surface area (TPSA) is 32.3 Å². The number of nitrogens with one attached hydrogen (secondary N) is 1. The van der Waals surface area contributed by atoms with Crippen LogP contribution in [-0.4, -0.2) is 42.4 Å². The highest BCUT2D eigenvalue weighted by Crippen LogP contribution is 2.00. The van der Waals surface area contributed by atoms with Gasteiger partial charge in [-0.2, -0.15) is 0 Å². The lowest BCUT2D eigenvalue weighted by molar-refractivity contribution is -0.121. The largest absolute Gasteiger partial charge is 0.354 e. The molecule has 1 atom stereocenters. The van der Waals surface area contributed by atoms with Crippen molar-refractivity contribution in [3.8, 4) is 0 Å². The fourth-order valence-corrected chi connectivity index (χ4v) is 1.84. The normalized spacial score (nSPS) is 12.8. The summed E-state index contributed by atoms with van der Waals surface area (Å²) in [6.07, 6.45) is 2.58. The number of nitrogens with zero attached hydrogens (tertiary/aromatic N) is 1. The first-order chi connectivity index (χ1) is 7.63. The van der Waals surface area contributed by atoms with Crippen molar-refractivity contribution >= 4 is 17.5 Å². The molecule has 0 heterocycles. The number of amides is 1. The van der Waals surface area contributed by atoms with Crippen molar-refractivity contribution in [3.05, 3.63) is 0 Å². The van der Waals surface area contributed by atoms with Gasteiger partial charge in [0.2, 0.25) is 5.91 Å². The van der Waals surface area contributed by atoms with Crippen LogP contribution < -0.4 is 5.32 Å². The Morgan fingerprint density at radius 2 is 2.00 bits per heavy atom. The van der Waals surface area contributed by atoms with Gasteiger partial charge in [0.05, 0.1) is 0 Å². The summed E-state index contributed by atoms with van der Waals surface area (Å²) in [4.78, 5) is 13.7. The van der Waals surface area contributed by atoms with Gasteiger partial charge in [-0.25, -0.2) is 0 Å². The molecule has 0 fully saturated rings. The van der Waals surface area contributed by atoms with Crippen LogP contribution in [-0.2, 0) is 4.79 Å². The van der Waals surface area contributed by atoms with Crippen molar-refractivity contribution in [2.24, 2.45) is 0 Å². The SMILES string of the molecule is CCN(CC)CCCC(C)NC(=O)CCCl. The second-order valence-corrected chi connectivity index (χ2v) is 4.45. The molecular formula is C12H25ClN2O. The molecule has 0 rings (SSSR count). The van der Waals surface area contributed by atoms with Gasteiger partial charge >= 0.3 is 0 Å². The summed E-state index contributed by atoms with van der Waals surface area (Å²) in [5.41, 5.74) is 0. The first-order valence-corrected chi connectivity index (χ1v) is 6.75. The third-order valence-electron chi connectivity index (χ3n) is 2.73. The average molecular weight is 249 g/mol. The second-order valence-electron chi connectivity index (χ2n) is 4.08. The van der Waals surface area contributed by atoms with Crippen molar-refractivity contribution in [3.63, 3.8) is 0 Å². The summed E-state index contributed by atoms with van der Waals surface area (Å²) >= 11 is 5.50. The number of alkyl halides is 1. The summed E-state index contributed by atoms with van der Waals surface area (Å²) in [7, 11) is 0. The molecule has 1 N–H and O–H groups in total. The van der Waals surface area contributed by atoms with E-state index in [1.54, 1.807) is 0 Å². The van der Waals surface area contributed by atoms with Crippen LogP contribution in [0.2, 0.25) is 0 Å². The Morgan fingerprint density at radius 1 is 1.38 bits per heavy atom. The maximum Gasteiger partial charge on any atom is 0.221 e. The molecular weight excluding hydrogens is 224 g/mol. The summed E-state index contributed by atoms with van der Waals surface area (Å²) in [5.74, 6) is 0.461. The first-order valence-electron chi connectivity index (χ1n) is 6.21. The molecule has 4 heteroatoms. The van der Waals surface area contributed by atoms with Gasteiger partial charge in [-0.05, 0) is 39.4 Å². The van der Waals surface area contributed by atoms with Gasteiger partial charge < -0.3 is 10.2 Å². The standard InChI is InChI=1S/C12H25ClN2O/c1-4-15(5-2)10-6-7-11(3)14-12(16)8-9-13/h11H,4-10H2,1-3H3,(H,14,16). The molecule has 0 saturated heterocycles. The van der Waals surface area contributed by atoms with E-state index >= 15 is 0 Å². The van der Waals surface area contributed by atoms with Gasteiger partial charge in [0.1, 0.15) is 0 Å². The lowest BCUT2D eigenvalue weighted by Crippen LogP contribution is -2.33. The van der Waals surface area contributed by atoms with E-state index in [-0.39, 0.29) is 11.9 Å². The van der Waals surface area contributed by atoms with Crippen LogP contribution in [0.25, 0.3) is 0 Å². The summed E-state index contributed by atoms with van der Waals surface area (Å²) in [6, 6.07) is 0.256. The Labute approximate surface area is 105 Å². The fourth-order valence-electron chi connectivity index (χ4n) is 1.67. The summed E-state index contributed by atoms with van der Waals surface area (Å²) in [6.45, 7) is 9.72. The van der Waals surface area contributed by atoms with Crippen LogP contribution in [0.5, 0.6) is 0 Å². The minimum Gasteiger partial charge on any atom is -0.354 e. The summed E-state index contributed by atoms with van der Waals surface area (Å²) in [5, 5.41) is 2.95.